The van der Waals surface area contributed by atoms with Crippen molar-refractivity contribution < 1.29 is 9.53 Å². The molecular weight excluding hydrogens is 104 g/mol. The van der Waals surface area contributed by atoms with Crippen LogP contribution in [-0.4, -0.2) is 12.6 Å². The Bertz CT molecular complexity index is 68.9. The summed E-state index contributed by atoms with van der Waals surface area (Å²) in [7, 11) is 0. The highest BCUT2D eigenvalue weighted by Crippen LogP contribution is 1.84. The molecule has 0 heterocycles. The lowest BCUT2D eigenvalue weighted by Crippen LogP contribution is -2.02. The predicted molar refractivity (Wildman–Crippen MR) is 31.2 cm³/mol. The third-order valence-electron chi connectivity index (χ3n) is 0.671. The first-order chi connectivity index (χ1) is 3.81. The Morgan fingerprint density at radius 2 is 2.38 bits per heavy atom. The van der Waals surface area contributed by atoms with Crippen LogP contribution >= 0.6 is 0 Å². The largest absolute Gasteiger partial charge is 0.466 e. The first-order valence-electron chi connectivity index (χ1n) is 2.76. The summed E-state index contributed by atoms with van der Waals surface area (Å²) in [6.07, 6.45) is 1.12. The summed E-state index contributed by atoms with van der Waals surface area (Å²) >= 11 is 0. The van der Waals surface area contributed by atoms with Gasteiger partial charge in [-0.05, 0) is 13.3 Å². The van der Waals surface area contributed by atoms with Crippen LogP contribution in [0, 0.1) is 6.92 Å². The summed E-state index contributed by atoms with van der Waals surface area (Å²) in [5.74, 6) is -0.216. The van der Waals surface area contributed by atoms with Crippen molar-refractivity contribution in [3.05, 3.63) is 6.92 Å². The Labute approximate surface area is 49.8 Å². The van der Waals surface area contributed by atoms with E-state index in [9.17, 15) is 4.79 Å². The molecular formula is C6H11O2. The molecule has 0 bridgehead atoms. The van der Waals surface area contributed by atoms with E-state index in [2.05, 4.69) is 11.7 Å². The highest BCUT2D eigenvalue weighted by Gasteiger charge is 1.93. The first kappa shape index (κ1) is 7.47. The van der Waals surface area contributed by atoms with Gasteiger partial charge in [-0.1, -0.05) is 6.92 Å². The monoisotopic (exact) mass is 115 g/mol. The topological polar surface area (TPSA) is 26.3 Å². The van der Waals surface area contributed by atoms with Crippen molar-refractivity contribution in [2.75, 3.05) is 6.61 Å². The van der Waals surface area contributed by atoms with Crippen LogP contribution in [0.5, 0.6) is 0 Å². The first-order valence-corrected chi connectivity index (χ1v) is 2.76. The molecule has 2 heteroatoms. The van der Waals surface area contributed by atoms with Gasteiger partial charge in [-0.25, -0.2) is 0 Å². The zero-order valence-electron chi connectivity index (χ0n) is 5.14. The van der Waals surface area contributed by atoms with E-state index in [1.165, 1.54) is 0 Å². The van der Waals surface area contributed by atoms with Gasteiger partial charge >= 0.3 is 5.97 Å². The molecule has 8 heavy (non-hydrogen) atoms. The molecule has 0 saturated heterocycles. The average molecular weight is 115 g/mol. The fraction of sp³-hybridized carbons (Fsp3) is 0.667. The van der Waals surface area contributed by atoms with Crippen molar-refractivity contribution >= 4 is 5.97 Å². The molecule has 0 spiro atoms. The molecule has 0 aliphatic heterocycles. The second-order valence-electron chi connectivity index (χ2n) is 1.47. The van der Waals surface area contributed by atoms with E-state index in [-0.39, 0.29) is 12.4 Å². The van der Waals surface area contributed by atoms with Gasteiger partial charge in [0.15, 0.2) is 0 Å². The molecule has 2 nitrogen and oxygen atoms in total. The van der Waals surface area contributed by atoms with Crippen LogP contribution in [0.4, 0.5) is 0 Å². The lowest BCUT2D eigenvalue weighted by Gasteiger charge is -1.97. The van der Waals surface area contributed by atoms with Gasteiger partial charge < -0.3 is 4.74 Å². The second kappa shape index (κ2) is 4.62. The van der Waals surface area contributed by atoms with Gasteiger partial charge in [0.05, 0.1) is 6.61 Å². The van der Waals surface area contributed by atoms with Gasteiger partial charge in [0.2, 0.25) is 0 Å². The Morgan fingerprint density at radius 3 is 2.75 bits per heavy atom. The number of esters is 1. The zero-order chi connectivity index (χ0) is 6.41. The maximum absolute atomic E-state index is 10.3. The summed E-state index contributed by atoms with van der Waals surface area (Å²) < 4.78 is 4.64. The fourth-order valence-corrected chi connectivity index (χ4v) is 0.288. The van der Waals surface area contributed by atoms with E-state index in [0.717, 1.165) is 6.42 Å². The number of rotatable bonds is 3. The van der Waals surface area contributed by atoms with E-state index < -0.39 is 0 Å². The smallest absolute Gasteiger partial charge is 0.305 e. The van der Waals surface area contributed by atoms with Crippen molar-refractivity contribution in [3.8, 4) is 0 Å². The molecule has 0 atom stereocenters. The summed E-state index contributed by atoms with van der Waals surface area (Å²) in [6, 6.07) is 0. The molecule has 47 valence electrons. The molecule has 0 aromatic rings. The van der Waals surface area contributed by atoms with Crippen molar-refractivity contribution in [1.29, 1.82) is 0 Å². The molecule has 1 radical (unpaired) electrons. The van der Waals surface area contributed by atoms with Crippen LogP contribution in [0.2, 0.25) is 0 Å². The predicted octanol–water partition coefficient (Wildman–Crippen LogP) is 1.16. The second-order valence-corrected chi connectivity index (χ2v) is 1.47. The third kappa shape index (κ3) is 3.65. The minimum absolute atomic E-state index is 0.216. The zero-order valence-corrected chi connectivity index (χ0v) is 5.14. The lowest BCUT2D eigenvalue weighted by molar-refractivity contribution is -0.142. The normalized spacial score (nSPS) is 8.75. The summed E-state index contributed by atoms with van der Waals surface area (Å²) in [4.78, 5) is 10.3. The van der Waals surface area contributed by atoms with Gasteiger partial charge in [0, 0.05) is 6.42 Å². The van der Waals surface area contributed by atoms with Gasteiger partial charge in [-0.2, -0.15) is 0 Å². The minimum atomic E-state index is -0.216. The molecule has 0 aromatic heterocycles. The lowest BCUT2D eigenvalue weighted by atomic mass is 10.5. The Balaban J connectivity index is 2.99. The van der Waals surface area contributed by atoms with E-state index in [4.69, 9.17) is 0 Å². The molecule has 0 N–H and O–H groups in total. The van der Waals surface area contributed by atoms with Crippen molar-refractivity contribution in [2.45, 2.75) is 19.8 Å². The molecule has 0 aliphatic rings. The van der Waals surface area contributed by atoms with Crippen LogP contribution in [0.15, 0.2) is 0 Å². The Morgan fingerprint density at radius 1 is 1.75 bits per heavy atom. The van der Waals surface area contributed by atoms with E-state index in [0.29, 0.717) is 6.61 Å². The molecule has 0 aliphatic carbocycles. The Hall–Kier alpha value is -0.530. The number of ether oxygens (including phenoxy) is 1. The SMILES string of the molecule is [CH2]CC(=O)OCCC. The highest BCUT2D eigenvalue weighted by molar-refractivity contribution is 5.69. The van der Waals surface area contributed by atoms with E-state index >= 15 is 0 Å². The van der Waals surface area contributed by atoms with E-state index in [1.54, 1.807) is 0 Å². The minimum Gasteiger partial charge on any atom is -0.466 e. The van der Waals surface area contributed by atoms with Crippen LogP contribution in [0.25, 0.3) is 0 Å². The summed E-state index contributed by atoms with van der Waals surface area (Å²) in [6.45, 7) is 5.84. The van der Waals surface area contributed by atoms with Gasteiger partial charge in [-0.15, -0.1) is 0 Å². The average Bonchev–Trinajstić information content (AvgIpc) is 1.83. The van der Waals surface area contributed by atoms with Crippen LogP contribution in [0.1, 0.15) is 19.8 Å². The van der Waals surface area contributed by atoms with Crippen LogP contribution < -0.4 is 0 Å². The molecule has 0 amide bonds. The Kier molecular flexibility index (Phi) is 4.32. The van der Waals surface area contributed by atoms with Crippen molar-refractivity contribution in [3.63, 3.8) is 0 Å². The number of hydrogen-bond acceptors (Lipinski definition) is 2. The number of hydrogen-bond donors (Lipinski definition) is 0. The van der Waals surface area contributed by atoms with Crippen LogP contribution in [0.3, 0.4) is 0 Å². The van der Waals surface area contributed by atoms with Crippen LogP contribution in [-0.2, 0) is 9.53 Å². The maximum atomic E-state index is 10.3. The molecule has 0 saturated carbocycles. The van der Waals surface area contributed by atoms with E-state index in [1.807, 2.05) is 6.92 Å². The van der Waals surface area contributed by atoms with Gasteiger partial charge in [-0.3, -0.25) is 4.79 Å². The molecule has 0 unspecified atom stereocenters. The number of carbonyl (C=O) groups is 1. The molecule has 0 rings (SSSR count). The third-order valence-corrected chi connectivity index (χ3v) is 0.671. The van der Waals surface area contributed by atoms with Gasteiger partial charge in [0.25, 0.3) is 0 Å². The number of carbonyl (C=O) groups excluding carboxylic acids is 1. The molecule has 0 fully saturated rings. The fourth-order valence-electron chi connectivity index (χ4n) is 0.288. The quantitative estimate of drug-likeness (QED) is 0.516. The van der Waals surface area contributed by atoms with Crippen molar-refractivity contribution in [1.82, 2.24) is 0 Å². The summed E-state index contributed by atoms with van der Waals surface area (Å²) in [5, 5.41) is 0. The summed E-state index contributed by atoms with van der Waals surface area (Å²) in [5.41, 5.74) is 0. The van der Waals surface area contributed by atoms with Crippen molar-refractivity contribution in [2.24, 2.45) is 0 Å². The highest BCUT2D eigenvalue weighted by atomic mass is 16.5. The van der Waals surface area contributed by atoms with Gasteiger partial charge in [0.1, 0.15) is 0 Å². The maximum Gasteiger partial charge on any atom is 0.305 e. The molecule has 0 aromatic carbocycles. The standard InChI is InChI=1S/C6H11O2/c1-3-5-8-6(7)4-2/h2-5H2,1H3.